The first kappa shape index (κ1) is 18.2. The quantitative estimate of drug-likeness (QED) is 0.490. The van der Waals surface area contributed by atoms with E-state index in [1.807, 2.05) is 6.92 Å². The van der Waals surface area contributed by atoms with E-state index in [9.17, 15) is 9.59 Å². The summed E-state index contributed by atoms with van der Waals surface area (Å²) in [5.41, 5.74) is 2.01. The number of esters is 1. The van der Waals surface area contributed by atoms with E-state index in [1.165, 1.54) is 24.2 Å². The van der Waals surface area contributed by atoms with Gasteiger partial charge in [0.1, 0.15) is 22.8 Å². The van der Waals surface area contributed by atoms with Crippen molar-refractivity contribution in [1.82, 2.24) is 5.32 Å². The molecular formula is C18H15ClN2O4S. The lowest BCUT2D eigenvalue weighted by atomic mass is 10.2. The lowest BCUT2D eigenvalue weighted by Crippen LogP contribution is -2.30. The Balaban J connectivity index is 1.94. The molecule has 0 saturated carbocycles. The maximum absolute atomic E-state index is 12.8. The number of thiocarbonyl (C=S) groups is 1. The smallest absolute Gasteiger partial charge is 0.341 e. The highest BCUT2D eigenvalue weighted by Gasteiger charge is 2.33. The molecular weight excluding hydrogens is 376 g/mol. The van der Waals surface area contributed by atoms with Gasteiger partial charge in [0.05, 0.1) is 12.8 Å². The van der Waals surface area contributed by atoms with Gasteiger partial charge in [0, 0.05) is 11.1 Å². The molecule has 6 nitrogen and oxygen atoms in total. The van der Waals surface area contributed by atoms with Gasteiger partial charge in [0.2, 0.25) is 0 Å². The van der Waals surface area contributed by atoms with Gasteiger partial charge in [-0.2, -0.15) is 0 Å². The van der Waals surface area contributed by atoms with Crippen LogP contribution >= 0.6 is 23.8 Å². The SMILES string of the molecule is COC(=O)c1cc(/C=C2\NC(=S)N(c3ccc(Cl)cc3C)C2=O)oc1C. The lowest BCUT2D eigenvalue weighted by Gasteiger charge is -2.16. The third kappa shape index (κ3) is 3.23. The van der Waals surface area contributed by atoms with Crippen LogP contribution < -0.4 is 10.2 Å². The minimum Gasteiger partial charge on any atom is -0.465 e. The van der Waals surface area contributed by atoms with Gasteiger partial charge >= 0.3 is 5.97 Å². The number of anilines is 1. The topological polar surface area (TPSA) is 71.8 Å². The van der Waals surface area contributed by atoms with Gasteiger partial charge < -0.3 is 14.5 Å². The van der Waals surface area contributed by atoms with Crippen LogP contribution in [0.1, 0.15) is 27.4 Å². The van der Waals surface area contributed by atoms with Crippen molar-refractivity contribution in [2.24, 2.45) is 0 Å². The average molecular weight is 391 g/mol. The molecule has 0 atom stereocenters. The predicted octanol–water partition coefficient (Wildman–Crippen LogP) is 3.60. The van der Waals surface area contributed by atoms with Gasteiger partial charge in [-0.1, -0.05) is 11.6 Å². The fourth-order valence-corrected chi connectivity index (χ4v) is 3.17. The van der Waals surface area contributed by atoms with E-state index in [1.54, 1.807) is 25.1 Å². The van der Waals surface area contributed by atoms with Crippen molar-refractivity contribution >= 4 is 52.6 Å². The Bertz CT molecular complexity index is 964. The van der Waals surface area contributed by atoms with Gasteiger partial charge in [-0.25, -0.2) is 4.79 Å². The molecule has 1 aliphatic heterocycles. The Morgan fingerprint density at radius 3 is 2.73 bits per heavy atom. The van der Waals surface area contributed by atoms with E-state index < -0.39 is 5.97 Å². The normalized spacial score (nSPS) is 15.5. The number of nitrogens with zero attached hydrogens (tertiary/aromatic N) is 1. The van der Waals surface area contributed by atoms with E-state index in [2.05, 4.69) is 5.32 Å². The third-order valence-corrected chi connectivity index (χ3v) is 4.43. The second-order valence-corrected chi connectivity index (χ2v) is 6.49. The van der Waals surface area contributed by atoms with E-state index in [-0.39, 0.29) is 16.7 Å². The molecule has 2 aromatic rings. The predicted molar refractivity (Wildman–Crippen MR) is 102 cm³/mol. The molecule has 1 aromatic heterocycles. The van der Waals surface area contributed by atoms with Crippen LogP contribution in [0.4, 0.5) is 5.69 Å². The van der Waals surface area contributed by atoms with Crippen molar-refractivity contribution in [3.8, 4) is 0 Å². The number of hydrogen-bond donors (Lipinski definition) is 1. The van der Waals surface area contributed by atoms with Crippen LogP contribution in [0.3, 0.4) is 0 Å². The van der Waals surface area contributed by atoms with Crippen LogP contribution in [0.15, 0.2) is 34.4 Å². The number of amides is 1. The summed E-state index contributed by atoms with van der Waals surface area (Å²) in [6.07, 6.45) is 1.50. The molecule has 1 aromatic carbocycles. The maximum Gasteiger partial charge on any atom is 0.341 e. The second kappa shape index (κ2) is 6.93. The van der Waals surface area contributed by atoms with Gasteiger partial charge in [0.15, 0.2) is 5.11 Å². The monoisotopic (exact) mass is 390 g/mol. The third-order valence-electron chi connectivity index (χ3n) is 3.91. The number of carbonyl (C=O) groups excluding carboxylic acids is 2. The maximum atomic E-state index is 12.8. The number of nitrogens with one attached hydrogen (secondary N) is 1. The summed E-state index contributed by atoms with van der Waals surface area (Å²) in [4.78, 5) is 25.9. The highest BCUT2D eigenvalue weighted by molar-refractivity contribution is 7.80. The fraction of sp³-hybridized carbons (Fsp3) is 0.167. The Labute approximate surface area is 160 Å². The number of aryl methyl sites for hydroxylation is 2. The van der Waals surface area contributed by atoms with E-state index in [0.29, 0.717) is 27.8 Å². The standard InChI is InChI=1S/C18H15ClN2O4S/c1-9-6-11(19)4-5-15(9)21-16(22)14(20-18(21)26)8-12-7-13(10(2)25-12)17(23)24-3/h4-8H,1-3H3,(H,20,26)/b14-8-. The van der Waals surface area contributed by atoms with Crippen LogP contribution in [0.25, 0.3) is 6.08 Å². The molecule has 0 unspecified atom stereocenters. The average Bonchev–Trinajstić information content (AvgIpc) is 3.08. The van der Waals surface area contributed by atoms with Gasteiger partial charge in [-0.3, -0.25) is 9.69 Å². The zero-order valence-corrected chi connectivity index (χ0v) is 15.8. The zero-order chi connectivity index (χ0) is 19.0. The molecule has 0 spiro atoms. The van der Waals surface area contributed by atoms with Gasteiger partial charge in [-0.15, -0.1) is 0 Å². The molecule has 1 saturated heterocycles. The minimum absolute atomic E-state index is 0.245. The Kier molecular flexibility index (Phi) is 4.84. The van der Waals surface area contributed by atoms with Crippen LogP contribution in [-0.4, -0.2) is 24.1 Å². The number of halogens is 1. The van der Waals surface area contributed by atoms with Crippen LogP contribution in [0.2, 0.25) is 5.02 Å². The summed E-state index contributed by atoms with van der Waals surface area (Å²) in [7, 11) is 1.29. The molecule has 2 heterocycles. The number of methoxy groups -OCH3 is 1. The molecule has 26 heavy (non-hydrogen) atoms. The van der Waals surface area contributed by atoms with Crippen molar-refractivity contribution in [1.29, 1.82) is 0 Å². The lowest BCUT2D eigenvalue weighted by molar-refractivity contribution is -0.113. The molecule has 134 valence electrons. The number of ether oxygens (including phenoxy) is 1. The van der Waals surface area contributed by atoms with E-state index >= 15 is 0 Å². The first-order chi connectivity index (χ1) is 12.3. The first-order valence-electron chi connectivity index (χ1n) is 7.64. The summed E-state index contributed by atoms with van der Waals surface area (Å²) in [5, 5.41) is 3.70. The van der Waals surface area contributed by atoms with Crippen molar-refractivity contribution < 1.29 is 18.7 Å². The molecule has 1 amide bonds. The number of benzene rings is 1. The summed E-state index contributed by atoms with van der Waals surface area (Å²) in [6, 6.07) is 6.70. The molecule has 0 radical (unpaired) electrons. The van der Waals surface area contributed by atoms with Crippen molar-refractivity contribution in [3.05, 3.63) is 57.6 Å². The second-order valence-electron chi connectivity index (χ2n) is 5.67. The molecule has 0 bridgehead atoms. The number of rotatable bonds is 3. The highest BCUT2D eigenvalue weighted by atomic mass is 35.5. The summed E-state index contributed by atoms with van der Waals surface area (Å²) in [5.74, 6) is -0.0806. The summed E-state index contributed by atoms with van der Waals surface area (Å²) >= 11 is 11.3. The van der Waals surface area contributed by atoms with Crippen LogP contribution in [0.5, 0.6) is 0 Å². The van der Waals surface area contributed by atoms with Crippen LogP contribution in [-0.2, 0) is 9.53 Å². The van der Waals surface area contributed by atoms with E-state index in [0.717, 1.165) is 5.56 Å². The van der Waals surface area contributed by atoms with Crippen molar-refractivity contribution in [3.63, 3.8) is 0 Å². The Morgan fingerprint density at radius 1 is 1.35 bits per heavy atom. The zero-order valence-electron chi connectivity index (χ0n) is 14.3. The molecule has 1 aliphatic rings. The number of hydrogen-bond acceptors (Lipinski definition) is 5. The highest BCUT2D eigenvalue weighted by Crippen LogP contribution is 2.28. The Hall–Kier alpha value is -2.64. The largest absolute Gasteiger partial charge is 0.465 e. The molecule has 0 aliphatic carbocycles. The van der Waals surface area contributed by atoms with E-state index in [4.69, 9.17) is 33.0 Å². The number of furan rings is 1. The summed E-state index contributed by atoms with van der Waals surface area (Å²) < 4.78 is 10.2. The Morgan fingerprint density at radius 2 is 2.08 bits per heavy atom. The van der Waals surface area contributed by atoms with Crippen molar-refractivity contribution in [2.45, 2.75) is 13.8 Å². The molecule has 1 fully saturated rings. The summed E-state index contributed by atoms with van der Waals surface area (Å²) in [6.45, 7) is 3.49. The first-order valence-corrected chi connectivity index (χ1v) is 8.42. The number of carbonyl (C=O) groups is 2. The molecule has 3 rings (SSSR count). The minimum atomic E-state index is -0.504. The van der Waals surface area contributed by atoms with Crippen LogP contribution in [0, 0.1) is 13.8 Å². The fourth-order valence-electron chi connectivity index (χ4n) is 2.65. The molecule has 1 N–H and O–H groups in total. The van der Waals surface area contributed by atoms with Crippen molar-refractivity contribution in [2.75, 3.05) is 12.0 Å². The van der Waals surface area contributed by atoms with Gasteiger partial charge in [0.25, 0.3) is 5.91 Å². The van der Waals surface area contributed by atoms with Gasteiger partial charge in [-0.05, 0) is 55.9 Å². The molecule has 8 heteroatoms.